The van der Waals surface area contributed by atoms with Gasteiger partial charge in [0.1, 0.15) is 5.82 Å². The molecule has 0 aliphatic carbocycles. The minimum atomic E-state index is -0.982. The smallest absolute Gasteiger partial charge is 0.337 e. The number of benzene rings is 1. The van der Waals surface area contributed by atoms with Gasteiger partial charge in [0.05, 0.1) is 16.6 Å². The fourth-order valence-electron chi connectivity index (χ4n) is 2.40. The Balaban J connectivity index is 2.53. The summed E-state index contributed by atoms with van der Waals surface area (Å²) in [6, 6.07) is 5.06. The average Bonchev–Trinajstić information content (AvgIpc) is 2.82. The van der Waals surface area contributed by atoms with E-state index in [0.717, 1.165) is 18.7 Å². The summed E-state index contributed by atoms with van der Waals surface area (Å²) in [4.78, 5) is 27.4. The molecule has 0 saturated carbocycles. The zero-order valence-corrected chi connectivity index (χ0v) is 12.2. The minimum absolute atomic E-state index is 0.0768. The molecule has 0 aliphatic heterocycles. The van der Waals surface area contributed by atoms with Gasteiger partial charge in [-0.05, 0) is 18.6 Å². The molecule has 112 valence electrons. The second kappa shape index (κ2) is 6.39. The number of rotatable bonds is 6. The molecule has 0 fully saturated rings. The second-order valence-electron chi connectivity index (χ2n) is 4.83. The van der Waals surface area contributed by atoms with Gasteiger partial charge in [0.15, 0.2) is 0 Å². The molecule has 0 spiro atoms. The number of hydrogen-bond acceptors (Lipinski definition) is 3. The summed E-state index contributed by atoms with van der Waals surface area (Å²) < 4.78 is 1.86. The van der Waals surface area contributed by atoms with Crippen molar-refractivity contribution in [2.75, 3.05) is 7.05 Å². The number of nitrogens with zero attached hydrogens (tertiary/aromatic N) is 2. The predicted octanol–water partition coefficient (Wildman–Crippen LogP) is 1.82. The number of imidazole rings is 1. The van der Waals surface area contributed by atoms with Crippen LogP contribution in [-0.2, 0) is 17.8 Å². The molecule has 2 N–H and O–H groups in total. The number of aryl methyl sites for hydroxylation is 2. The van der Waals surface area contributed by atoms with Gasteiger partial charge in [-0.3, -0.25) is 4.79 Å². The average molecular weight is 289 g/mol. The fraction of sp³-hybridized carbons (Fsp3) is 0.400. The van der Waals surface area contributed by atoms with Crippen molar-refractivity contribution in [2.24, 2.45) is 0 Å². The largest absolute Gasteiger partial charge is 0.478 e. The van der Waals surface area contributed by atoms with E-state index in [1.165, 1.54) is 0 Å². The molecule has 0 unspecified atom stereocenters. The van der Waals surface area contributed by atoms with Crippen molar-refractivity contribution in [2.45, 2.75) is 32.7 Å². The number of carbonyl (C=O) groups is 2. The standard InChI is InChI=1S/C15H19N3O3/c1-3-5-12-17-11-7-4-6-10(15(20)21)14(11)18(12)9-8-13(19)16-2/h4,6-7H,3,5,8-9H2,1-2H3,(H,16,19)(H,20,21). The van der Waals surface area contributed by atoms with Gasteiger partial charge in [-0.15, -0.1) is 0 Å². The van der Waals surface area contributed by atoms with E-state index in [2.05, 4.69) is 10.3 Å². The summed E-state index contributed by atoms with van der Waals surface area (Å²) in [6.45, 7) is 2.47. The molecule has 0 aliphatic rings. The molecule has 0 saturated heterocycles. The fourth-order valence-corrected chi connectivity index (χ4v) is 2.40. The normalized spacial score (nSPS) is 10.8. The number of carbonyl (C=O) groups excluding carboxylic acids is 1. The van der Waals surface area contributed by atoms with Crippen LogP contribution in [0.3, 0.4) is 0 Å². The molecule has 2 rings (SSSR count). The topological polar surface area (TPSA) is 84.2 Å². The lowest BCUT2D eigenvalue weighted by molar-refractivity contribution is -0.120. The lowest BCUT2D eigenvalue weighted by Gasteiger charge is -2.09. The molecular formula is C15H19N3O3. The highest BCUT2D eigenvalue weighted by molar-refractivity contribution is 6.01. The monoisotopic (exact) mass is 289 g/mol. The Morgan fingerprint density at radius 2 is 2.14 bits per heavy atom. The Bertz CT molecular complexity index is 676. The number of para-hydroxylation sites is 1. The van der Waals surface area contributed by atoms with Crippen LogP contribution >= 0.6 is 0 Å². The first-order chi connectivity index (χ1) is 10.1. The summed E-state index contributed by atoms with van der Waals surface area (Å²) in [7, 11) is 1.59. The highest BCUT2D eigenvalue weighted by atomic mass is 16.4. The number of carboxylic acid groups (broad SMARTS) is 1. The minimum Gasteiger partial charge on any atom is -0.478 e. The van der Waals surface area contributed by atoms with E-state index in [4.69, 9.17) is 0 Å². The molecule has 1 aromatic carbocycles. The third kappa shape index (κ3) is 3.04. The van der Waals surface area contributed by atoms with Gasteiger partial charge >= 0.3 is 5.97 Å². The van der Waals surface area contributed by atoms with E-state index in [9.17, 15) is 14.7 Å². The first-order valence-electron chi connectivity index (χ1n) is 7.00. The van der Waals surface area contributed by atoms with Gasteiger partial charge in [-0.25, -0.2) is 9.78 Å². The molecule has 6 nitrogen and oxygen atoms in total. The van der Waals surface area contributed by atoms with Gasteiger partial charge in [0.2, 0.25) is 5.91 Å². The summed E-state index contributed by atoms with van der Waals surface area (Å²) in [5.41, 5.74) is 1.48. The molecule has 2 aromatic rings. The summed E-state index contributed by atoms with van der Waals surface area (Å²) >= 11 is 0. The van der Waals surface area contributed by atoms with E-state index in [1.807, 2.05) is 11.5 Å². The van der Waals surface area contributed by atoms with Crippen molar-refractivity contribution in [1.29, 1.82) is 0 Å². The number of carboxylic acids is 1. The maximum atomic E-state index is 11.5. The van der Waals surface area contributed by atoms with Crippen molar-refractivity contribution in [3.63, 3.8) is 0 Å². The summed E-state index contributed by atoms with van der Waals surface area (Å²) in [5, 5.41) is 11.9. The van der Waals surface area contributed by atoms with Crippen molar-refractivity contribution in [3.05, 3.63) is 29.6 Å². The van der Waals surface area contributed by atoms with E-state index in [0.29, 0.717) is 24.0 Å². The van der Waals surface area contributed by atoms with E-state index < -0.39 is 5.97 Å². The highest BCUT2D eigenvalue weighted by Crippen LogP contribution is 2.22. The zero-order chi connectivity index (χ0) is 15.4. The van der Waals surface area contributed by atoms with Gasteiger partial charge in [-0.1, -0.05) is 13.0 Å². The van der Waals surface area contributed by atoms with Gasteiger partial charge in [0, 0.05) is 26.4 Å². The van der Waals surface area contributed by atoms with Crippen LogP contribution in [0.15, 0.2) is 18.2 Å². The lowest BCUT2D eigenvalue weighted by atomic mass is 10.2. The van der Waals surface area contributed by atoms with Crippen LogP contribution in [0.5, 0.6) is 0 Å². The van der Waals surface area contributed by atoms with Gasteiger partial charge < -0.3 is 15.0 Å². The van der Waals surface area contributed by atoms with Crippen LogP contribution in [0.1, 0.15) is 35.9 Å². The van der Waals surface area contributed by atoms with E-state index in [1.54, 1.807) is 25.2 Å². The molecule has 1 heterocycles. The van der Waals surface area contributed by atoms with E-state index in [-0.39, 0.29) is 11.5 Å². The molecule has 0 bridgehead atoms. The number of fused-ring (bicyclic) bond motifs is 1. The summed E-state index contributed by atoms with van der Waals surface area (Å²) in [6.07, 6.45) is 1.96. The lowest BCUT2D eigenvalue weighted by Crippen LogP contribution is -2.20. The Morgan fingerprint density at radius 1 is 1.38 bits per heavy atom. The Morgan fingerprint density at radius 3 is 2.76 bits per heavy atom. The third-order valence-corrected chi connectivity index (χ3v) is 3.39. The van der Waals surface area contributed by atoms with E-state index >= 15 is 0 Å². The molecule has 6 heteroatoms. The van der Waals surface area contributed by atoms with Crippen LogP contribution in [0, 0.1) is 0 Å². The van der Waals surface area contributed by atoms with Crippen LogP contribution in [-0.4, -0.2) is 33.6 Å². The molecule has 21 heavy (non-hydrogen) atoms. The van der Waals surface area contributed by atoms with Crippen LogP contribution in [0.25, 0.3) is 11.0 Å². The molecule has 0 atom stereocenters. The van der Waals surface area contributed by atoms with Gasteiger partial charge in [0.25, 0.3) is 0 Å². The van der Waals surface area contributed by atoms with Crippen molar-refractivity contribution in [1.82, 2.24) is 14.9 Å². The molecule has 1 amide bonds. The molecule has 1 aromatic heterocycles. The van der Waals surface area contributed by atoms with Crippen molar-refractivity contribution in [3.8, 4) is 0 Å². The Kier molecular flexibility index (Phi) is 4.57. The number of nitrogens with one attached hydrogen (secondary N) is 1. The maximum absolute atomic E-state index is 11.5. The maximum Gasteiger partial charge on any atom is 0.337 e. The Hall–Kier alpha value is -2.37. The first kappa shape index (κ1) is 15.0. The second-order valence-corrected chi connectivity index (χ2v) is 4.83. The Labute approximate surface area is 122 Å². The predicted molar refractivity (Wildman–Crippen MR) is 79.4 cm³/mol. The number of hydrogen-bond donors (Lipinski definition) is 2. The first-order valence-corrected chi connectivity index (χ1v) is 7.00. The quantitative estimate of drug-likeness (QED) is 0.849. The highest BCUT2D eigenvalue weighted by Gasteiger charge is 2.17. The third-order valence-electron chi connectivity index (χ3n) is 3.39. The van der Waals surface area contributed by atoms with Crippen LogP contribution in [0.4, 0.5) is 0 Å². The zero-order valence-electron chi connectivity index (χ0n) is 12.2. The van der Waals surface area contributed by atoms with Crippen LogP contribution in [0.2, 0.25) is 0 Å². The van der Waals surface area contributed by atoms with Crippen molar-refractivity contribution >= 4 is 22.9 Å². The molecular weight excluding hydrogens is 270 g/mol. The van der Waals surface area contributed by atoms with Crippen molar-refractivity contribution < 1.29 is 14.7 Å². The SMILES string of the molecule is CCCc1nc2cccc(C(=O)O)c2n1CCC(=O)NC. The number of aromatic carboxylic acids is 1. The molecule has 0 radical (unpaired) electrons. The summed E-state index contributed by atoms with van der Waals surface area (Å²) in [5.74, 6) is -0.234. The van der Waals surface area contributed by atoms with Gasteiger partial charge in [-0.2, -0.15) is 0 Å². The number of aromatic nitrogens is 2. The number of amides is 1. The van der Waals surface area contributed by atoms with Crippen LogP contribution < -0.4 is 5.32 Å².